The van der Waals surface area contributed by atoms with Gasteiger partial charge in [0.15, 0.2) is 17.5 Å². The first-order valence-electron chi connectivity index (χ1n) is 22.9. The lowest BCUT2D eigenvalue weighted by molar-refractivity contribution is 1.07. The third-order valence-corrected chi connectivity index (χ3v) is 14.3. The highest BCUT2D eigenvalue weighted by molar-refractivity contribution is 7.26. The maximum absolute atomic E-state index is 5.30. The molecule has 5 heteroatoms. The molecule has 0 fully saturated rings. The van der Waals surface area contributed by atoms with Crippen molar-refractivity contribution in [2.45, 2.75) is 0 Å². The number of thiophene rings is 1. The van der Waals surface area contributed by atoms with Crippen molar-refractivity contribution in [2.75, 3.05) is 0 Å². The van der Waals surface area contributed by atoms with Crippen LogP contribution in [-0.4, -0.2) is 19.5 Å². The van der Waals surface area contributed by atoms with Crippen LogP contribution in [0.15, 0.2) is 243 Å². The topological polar surface area (TPSA) is 43.6 Å². The van der Waals surface area contributed by atoms with Crippen LogP contribution in [0.4, 0.5) is 0 Å². The van der Waals surface area contributed by atoms with Gasteiger partial charge in [0.25, 0.3) is 0 Å². The Morgan fingerprint density at radius 2 is 0.794 bits per heavy atom. The summed E-state index contributed by atoms with van der Waals surface area (Å²) in [5.41, 5.74) is 15.3. The van der Waals surface area contributed by atoms with Crippen molar-refractivity contribution in [1.82, 2.24) is 19.5 Å². The number of nitrogens with zero attached hydrogens (tertiary/aromatic N) is 4. The predicted octanol–water partition coefficient (Wildman–Crippen LogP) is 17.0. The van der Waals surface area contributed by atoms with Gasteiger partial charge in [-0.05, 0) is 69.3 Å². The second kappa shape index (κ2) is 16.6. The van der Waals surface area contributed by atoms with Gasteiger partial charge in [-0.3, -0.25) is 0 Å². The van der Waals surface area contributed by atoms with Crippen molar-refractivity contribution in [3.63, 3.8) is 0 Å². The van der Waals surface area contributed by atoms with Gasteiger partial charge in [0.05, 0.1) is 16.7 Å². The van der Waals surface area contributed by atoms with Gasteiger partial charge in [0.2, 0.25) is 0 Å². The Bertz CT molecular complexity index is 3990. The summed E-state index contributed by atoms with van der Waals surface area (Å²) < 4.78 is 5.03. The molecular formula is C63H40N4S. The predicted molar refractivity (Wildman–Crippen MR) is 285 cm³/mol. The van der Waals surface area contributed by atoms with Gasteiger partial charge in [0, 0.05) is 53.2 Å². The molecule has 0 saturated carbocycles. The molecule has 3 aromatic heterocycles. The van der Waals surface area contributed by atoms with Crippen molar-refractivity contribution in [3.05, 3.63) is 243 Å². The minimum absolute atomic E-state index is 0.603. The Morgan fingerprint density at radius 3 is 1.50 bits per heavy atom. The number of hydrogen-bond donors (Lipinski definition) is 0. The molecule has 0 bridgehead atoms. The van der Waals surface area contributed by atoms with Gasteiger partial charge in [-0.15, -0.1) is 11.3 Å². The molecule has 4 nitrogen and oxygen atoms in total. The molecule has 3 heterocycles. The Hall–Kier alpha value is -8.77. The number of fused-ring (bicyclic) bond motifs is 6. The number of rotatable bonds is 8. The van der Waals surface area contributed by atoms with E-state index in [1.54, 1.807) is 0 Å². The average molecular weight is 885 g/mol. The molecule has 13 rings (SSSR count). The Morgan fingerprint density at radius 1 is 0.294 bits per heavy atom. The zero-order valence-electron chi connectivity index (χ0n) is 36.8. The lowest BCUT2D eigenvalue weighted by Crippen LogP contribution is -2.02. The first-order chi connectivity index (χ1) is 33.7. The maximum atomic E-state index is 5.30. The van der Waals surface area contributed by atoms with Crippen LogP contribution < -0.4 is 0 Å². The van der Waals surface area contributed by atoms with Crippen LogP contribution in [0.1, 0.15) is 0 Å². The van der Waals surface area contributed by atoms with Crippen LogP contribution in [-0.2, 0) is 0 Å². The van der Waals surface area contributed by atoms with Gasteiger partial charge in [-0.1, -0.05) is 212 Å². The van der Waals surface area contributed by atoms with E-state index in [0.29, 0.717) is 17.5 Å². The van der Waals surface area contributed by atoms with E-state index in [0.717, 1.165) is 50.1 Å². The summed E-state index contributed by atoms with van der Waals surface area (Å²) in [6, 6.07) is 86.5. The van der Waals surface area contributed by atoms with Crippen molar-refractivity contribution in [3.8, 4) is 84.4 Å². The maximum Gasteiger partial charge on any atom is 0.164 e. The third-order valence-electron chi connectivity index (χ3n) is 13.1. The van der Waals surface area contributed by atoms with Crippen molar-refractivity contribution >= 4 is 53.3 Å². The van der Waals surface area contributed by atoms with Crippen LogP contribution in [0, 0.1) is 0 Å². The van der Waals surface area contributed by atoms with E-state index in [1.807, 2.05) is 29.5 Å². The summed E-state index contributed by atoms with van der Waals surface area (Å²) in [7, 11) is 0. The molecule has 0 aliphatic carbocycles. The van der Waals surface area contributed by atoms with E-state index in [9.17, 15) is 0 Å². The Balaban J connectivity index is 1.01. The fraction of sp³-hybridized carbons (Fsp3) is 0. The first kappa shape index (κ1) is 39.6. The molecule has 13 aromatic rings. The van der Waals surface area contributed by atoms with Gasteiger partial charge in [-0.25, -0.2) is 15.0 Å². The molecule has 0 saturated heterocycles. The lowest BCUT2D eigenvalue weighted by Gasteiger charge is -2.17. The van der Waals surface area contributed by atoms with Gasteiger partial charge in [0.1, 0.15) is 0 Å². The van der Waals surface area contributed by atoms with Crippen LogP contribution in [0.25, 0.3) is 126 Å². The summed E-state index contributed by atoms with van der Waals surface area (Å²) in [6.45, 7) is 0. The first-order valence-corrected chi connectivity index (χ1v) is 23.7. The van der Waals surface area contributed by atoms with Gasteiger partial charge >= 0.3 is 0 Å². The van der Waals surface area contributed by atoms with Gasteiger partial charge < -0.3 is 4.57 Å². The van der Waals surface area contributed by atoms with E-state index in [2.05, 4.69) is 229 Å². The molecule has 0 N–H and O–H groups in total. The number of aromatic nitrogens is 4. The van der Waals surface area contributed by atoms with E-state index in [4.69, 9.17) is 15.0 Å². The molecule has 0 radical (unpaired) electrons. The number of benzene rings is 10. The number of hydrogen-bond acceptors (Lipinski definition) is 4. The van der Waals surface area contributed by atoms with Crippen LogP contribution in [0.5, 0.6) is 0 Å². The monoisotopic (exact) mass is 884 g/mol. The highest BCUT2D eigenvalue weighted by Gasteiger charge is 2.22. The van der Waals surface area contributed by atoms with E-state index < -0.39 is 0 Å². The normalized spacial score (nSPS) is 11.5. The van der Waals surface area contributed by atoms with E-state index >= 15 is 0 Å². The molecular weight excluding hydrogens is 845 g/mol. The van der Waals surface area contributed by atoms with Crippen LogP contribution >= 0.6 is 11.3 Å². The minimum Gasteiger partial charge on any atom is -0.309 e. The Labute approximate surface area is 397 Å². The van der Waals surface area contributed by atoms with Crippen LogP contribution in [0.2, 0.25) is 0 Å². The molecule has 0 atom stereocenters. The van der Waals surface area contributed by atoms with Crippen molar-refractivity contribution in [1.29, 1.82) is 0 Å². The molecule has 0 spiro atoms. The molecule has 0 unspecified atom stereocenters. The third kappa shape index (κ3) is 6.88. The van der Waals surface area contributed by atoms with Crippen molar-refractivity contribution in [2.24, 2.45) is 0 Å². The minimum atomic E-state index is 0.603. The summed E-state index contributed by atoms with van der Waals surface area (Å²) in [6.07, 6.45) is 0. The van der Waals surface area contributed by atoms with E-state index in [1.165, 1.54) is 58.8 Å². The lowest BCUT2D eigenvalue weighted by atomic mass is 9.97. The summed E-state index contributed by atoms with van der Waals surface area (Å²) in [5, 5.41) is 4.97. The smallest absolute Gasteiger partial charge is 0.164 e. The highest BCUT2D eigenvalue weighted by atomic mass is 32.1. The largest absolute Gasteiger partial charge is 0.309 e. The van der Waals surface area contributed by atoms with Crippen molar-refractivity contribution < 1.29 is 0 Å². The quantitative estimate of drug-likeness (QED) is 0.153. The van der Waals surface area contributed by atoms with Gasteiger partial charge in [-0.2, -0.15) is 0 Å². The fourth-order valence-electron chi connectivity index (χ4n) is 9.84. The SMILES string of the molecule is c1ccc(-c2ccc3c(c2)c2c(-c4ccccc4)cccc2n3-c2cc(-c3nc(-c4ccccc4)nc(-c4ccc(-c5cccc6c5sc5ccccc56)cc4)n3)ccc2-c2ccccc2)cc1. The standard InChI is InChI=1S/C63H40N4S/c1-5-17-41(18-6-1)47-36-38-55-54(39-47)59-50(43-21-9-3-10-22-43)26-16-29-56(59)67(55)57-40-48(35-37-49(57)42-19-7-2-8-20-42)63-65-61(45-23-11-4-12-24-45)64-62(66-63)46-33-31-44(32-34-46)51-27-15-28-53-52-25-13-14-30-58(52)68-60(51)53/h1-40H. The van der Waals surface area contributed by atoms with Crippen LogP contribution in [0.3, 0.4) is 0 Å². The summed E-state index contributed by atoms with van der Waals surface area (Å²) >= 11 is 1.85. The fourth-order valence-corrected chi connectivity index (χ4v) is 11.1. The van der Waals surface area contributed by atoms with E-state index in [-0.39, 0.29) is 0 Å². The summed E-state index contributed by atoms with van der Waals surface area (Å²) in [5.74, 6) is 1.84. The molecule has 10 aromatic carbocycles. The molecule has 0 aliphatic heterocycles. The Kier molecular flexibility index (Phi) is 9.66. The molecule has 0 aliphatic rings. The molecule has 0 amide bonds. The average Bonchev–Trinajstić information content (AvgIpc) is 3.97. The molecule has 318 valence electrons. The highest BCUT2D eigenvalue weighted by Crippen LogP contribution is 2.44. The second-order valence-electron chi connectivity index (χ2n) is 17.1. The summed E-state index contributed by atoms with van der Waals surface area (Å²) in [4.78, 5) is 15.7. The second-order valence-corrected chi connectivity index (χ2v) is 18.2. The zero-order valence-corrected chi connectivity index (χ0v) is 37.6. The molecule has 68 heavy (non-hydrogen) atoms. The zero-order chi connectivity index (χ0) is 45.0.